The Labute approximate surface area is 297 Å². The lowest BCUT2D eigenvalue weighted by Crippen LogP contribution is -2.72. The van der Waals surface area contributed by atoms with Crippen LogP contribution in [0.25, 0.3) is 66.1 Å². The summed E-state index contributed by atoms with van der Waals surface area (Å²) in [4.78, 5) is 0. The average molecular weight is 665 g/mol. The van der Waals surface area contributed by atoms with Crippen LogP contribution in [0.15, 0.2) is 194 Å². The zero-order chi connectivity index (χ0) is 33.5. The normalized spacial score (nSPS) is 13.3. The van der Waals surface area contributed by atoms with E-state index in [2.05, 4.69) is 203 Å². The topological polar surface area (TPSA) is 9.86 Å². The fourth-order valence-electron chi connectivity index (χ4n) is 9.22. The van der Waals surface area contributed by atoms with Crippen LogP contribution < -0.4 is 20.7 Å². The largest absolute Gasteiger partial charge is 0.309 e. The summed E-state index contributed by atoms with van der Waals surface area (Å²) in [6.07, 6.45) is 0. The van der Waals surface area contributed by atoms with Crippen molar-refractivity contribution in [3.05, 3.63) is 194 Å². The van der Waals surface area contributed by atoms with Crippen LogP contribution in [0.1, 0.15) is 0 Å². The van der Waals surface area contributed by atoms with Gasteiger partial charge in [0, 0.05) is 32.9 Å². The number of nitrogens with zero attached hydrogens (tertiary/aromatic N) is 2. The number of benzene rings is 8. The third-order valence-electron chi connectivity index (χ3n) is 11.2. The van der Waals surface area contributed by atoms with Gasteiger partial charge in [-0.3, -0.25) is 0 Å². The molecule has 11 rings (SSSR count). The molecule has 8 aromatic carbocycles. The highest BCUT2D eigenvalue weighted by molar-refractivity contribution is 7.22. The summed E-state index contributed by atoms with van der Waals surface area (Å²) in [6.45, 7) is 0. The van der Waals surface area contributed by atoms with E-state index < -0.39 is 8.07 Å². The molecule has 10 aromatic rings. The first-order valence-corrected chi connectivity index (χ1v) is 19.7. The first kappa shape index (κ1) is 28.4. The maximum atomic E-state index is 2.47. The summed E-state index contributed by atoms with van der Waals surface area (Å²) in [7, 11) is -2.55. The monoisotopic (exact) mass is 664 g/mol. The molecule has 0 radical (unpaired) electrons. The summed E-state index contributed by atoms with van der Waals surface area (Å²) >= 11 is 0. The van der Waals surface area contributed by atoms with Gasteiger partial charge in [-0.05, 0) is 80.4 Å². The van der Waals surface area contributed by atoms with Crippen molar-refractivity contribution < 1.29 is 0 Å². The van der Waals surface area contributed by atoms with Crippen molar-refractivity contribution in [1.82, 2.24) is 9.13 Å². The smallest absolute Gasteiger partial charge is 0.180 e. The molecule has 3 heterocycles. The second-order valence-corrected chi connectivity index (χ2v) is 17.4. The number of hydrogen-bond acceptors (Lipinski definition) is 0. The number of fused-ring (bicyclic) bond motifs is 10. The predicted molar refractivity (Wildman–Crippen MR) is 218 cm³/mol. The van der Waals surface area contributed by atoms with E-state index in [1.807, 2.05) is 0 Å². The lowest BCUT2D eigenvalue weighted by atomic mass is 10.1. The Hall–Kier alpha value is -6.42. The standard InChI is InChI=1S/C48H32N2Si/c1-3-15-33(16-4-1)49-41-23-11-7-21-39(41)47-43(49)31-32-44-48(47)40-22-8-12-24-42(40)50(44)34-27-29-36(30-28-34)51(35-17-5-2-6-18-35)45-25-13-9-19-37(45)38-20-10-14-26-46(38)51/h1-32H. The summed E-state index contributed by atoms with van der Waals surface area (Å²) in [5.41, 5.74) is 9.97. The quantitative estimate of drug-likeness (QED) is 0.166. The van der Waals surface area contributed by atoms with E-state index in [1.54, 1.807) is 0 Å². The molecule has 0 unspecified atom stereocenters. The first-order valence-electron chi connectivity index (χ1n) is 17.7. The predicted octanol–water partition coefficient (Wildman–Crippen LogP) is 9.24. The molecule has 0 saturated carbocycles. The van der Waals surface area contributed by atoms with Gasteiger partial charge in [-0.1, -0.05) is 146 Å². The zero-order valence-corrected chi connectivity index (χ0v) is 28.9. The van der Waals surface area contributed by atoms with Crippen LogP contribution in [-0.4, -0.2) is 17.2 Å². The summed E-state index contributed by atoms with van der Waals surface area (Å²) < 4.78 is 4.88. The maximum absolute atomic E-state index is 2.55. The molecular formula is C48H32N2Si. The molecule has 0 atom stereocenters. The SMILES string of the molecule is c1ccc(-n2c3ccccc3c3c4c5ccccc5n(-c5ccc([Si]6(c7ccccc7)c7ccccc7-c7ccccc76)cc5)c4ccc32)cc1. The number of rotatable bonds is 4. The van der Waals surface area contributed by atoms with E-state index >= 15 is 0 Å². The highest BCUT2D eigenvalue weighted by atomic mass is 28.3. The second-order valence-electron chi connectivity index (χ2n) is 13.6. The molecule has 1 aliphatic heterocycles. The molecular weight excluding hydrogens is 633 g/mol. The van der Waals surface area contributed by atoms with Crippen molar-refractivity contribution in [1.29, 1.82) is 0 Å². The molecule has 2 nitrogen and oxygen atoms in total. The van der Waals surface area contributed by atoms with E-state index in [-0.39, 0.29) is 0 Å². The van der Waals surface area contributed by atoms with Gasteiger partial charge in [0.15, 0.2) is 8.07 Å². The van der Waals surface area contributed by atoms with Crippen molar-refractivity contribution in [3.63, 3.8) is 0 Å². The third-order valence-corrected chi connectivity index (χ3v) is 16.1. The fourth-order valence-corrected chi connectivity index (χ4v) is 14.4. The van der Waals surface area contributed by atoms with Crippen molar-refractivity contribution in [2.24, 2.45) is 0 Å². The Morgan fingerprint density at radius 1 is 0.294 bits per heavy atom. The second kappa shape index (κ2) is 10.8. The zero-order valence-electron chi connectivity index (χ0n) is 27.9. The molecule has 3 heteroatoms. The Morgan fingerprint density at radius 2 is 0.706 bits per heavy atom. The maximum Gasteiger partial charge on any atom is 0.180 e. The Morgan fingerprint density at radius 3 is 1.25 bits per heavy atom. The van der Waals surface area contributed by atoms with Crippen molar-refractivity contribution in [2.75, 3.05) is 0 Å². The first-order chi connectivity index (χ1) is 25.3. The summed E-state index contributed by atoms with van der Waals surface area (Å²) in [6, 6.07) is 72.1. The van der Waals surface area contributed by atoms with Gasteiger partial charge in [0.25, 0.3) is 0 Å². The van der Waals surface area contributed by atoms with Crippen LogP contribution in [0, 0.1) is 0 Å². The van der Waals surface area contributed by atoms with E-state index in [0.717, 1.165) is 0 Å². The van der Waals surface area contributed by atoms with Crippen LogP contribution in [-0.2, 0) is 0 Å². The van der Waals surface area contributed by atoms with Crippen LogP contribution >= 0.6 is 0 Å². The Balaban J connectivity index is 1.17. The summed E-state index contributed by atoms with van der Waals surface area (Å²) in [5.74, 6) is 0. The molecule has 2 aromatic heterocycles. The molecule has 0 N–H and O–H groups in total. The van der Waals surface area contributed by atoms with Gasteiger partial charge in [0.05, 0.1) is 22.1 Å². The van der Waals surface area contributed by atoms with Gasteiger partial charge in [0.1, 0.15) is 0 Å². The lowest BCUT2D eigenvalue weighted by Gasteiger charge is -2.31. The molecule has 0 bridgehead atoms. The van der Waals surface area contributed by atoms with E-state index in [9.17, 15) is 0 Å². The van der Waals surface area contributed by atoms with Gasteiger partial charge < -0.3 is 9.13 Å². The molecule has 238 valence electrons. The Bertz CT molecular complexity index is 2910. The van der Waals surface area contributed by atoms with Crippen molar-refractivity contribution in [2.45, 2.75) is 0 Å². The average Bonchev–Trinajstić information content (AvgIpc) is 3.83. The minimum absolute atomic E-state index is 1.17. The van der Waals surface area contributed by atoms with Gasteiger partial charge in [-0.25, -0.2) is 0 Å². The van der Waals surface area contributed by atoms with E-state index in [1.165, 1.54) is 86.9 Å². The molecule has 0 spiro atoms. The molecule has 51 heavy (non-hydrogen) atoms. The third kappa shape index (κ3) is 3.81. The van der Waals surface area contributed by atoms with E-state index in [4.69, 9.17) is 0 Å². The number of aromatic nitrogens is 2. The van der Waals surface area contributed by atoms with Crippen LogP contribution in [0.2, 0.25) is 0 Å². The Kier molecular flexibility index (Phi) is 6.01. The number of hydrogen-bond donors (Lipinski definition) is 0. The highest BCUT2D eigenvalue weighted by Crippen LogP contribution is 2.42. The van der Waals surface area contributed by atoms with Gasteiger partial charge >= 0.3 is 0 Å². The molecule has 0 aliphatic carbocycles. The number of para-hydroxylation sites is 3. The molecule has 0 fully saturated rings. The fraction of sp³-hybridized carbons (Fsp3) is 0. The molecule has 0 saturated heterocycles. The lowest BCUT2D eigenvalue weighted by molar-refractivity contribution is 1.17. The highest BCUT2D eigenvalue weighted by Gasteiger charge is 2.48. The van der Waals surface area contributed by atoms with Crippen LogP contribution in [0.3, 0.4) is 0 Å². The summed E-state index contributed by atoms with van der Waals surface area (Å²) in [5, 5.41) is 10.9. The van der Waals surface area contributed by atoms with Gasteiger partial charge in [0.2, 0.25) is 0 Å². The van der Waals surface area contributed by atoms with E-state index in [0.29, 0.717) is 0 Å². The minimum Gasteiger partial charge on any atom is -0.309 e. The van der Waals surface area contributed by atoms with Crippen molar-refractivity contribution in [3.8, 4) is 22.5 Å². The molecule has 1 aliphatic rings. The van der Waals surface area contributed by atoms with Gasteiger partial charge in [-0.15, -0.1) is 0 Å². The van der Waals surface area contributed by atoms with Crippen LogP contribution in [0.5, 0.6) is 0 Å². The van der Waals surface area contributed by atoms with Gasteiger partial charge in [-0.2, -0.15) is 0 Å². The van der Waals surface area contributed by atoms with Crippen molar-refractivity contribution >= 4 is 72.4 Å². The van der Waals surface area contributed by atoms with Crippen LogP contribution in [0.4, 0.5) is 0 Å². The minimum atomic E-state index is -2.55. The molecule has 0 amide bonds.